The summed E-state index contributed by atoms with van der Waals surface area (Å²) in [6.45, 7) is 7.85. The molecule has 0 spiro atoms. The van der Waals surface area contributed by atoms with Crippen LogP contribution in [0.3, 0.4) is 0 Å². The van der Waals surface area contributed by atoms with Crippen molar-refractivity contribution in [2.24, 2.45) is 0 Å². The minimum Gasteiger partial charge on any atom is -0.349 e. The molecule has 0 bridgehead atoms. The summed E-state index contributed by atoms with van der Waals surface area (Å²) >= 11 is 6.18. The van der Waals surface area contributed by atoms with Crippen molar-refractivity contribution in [1.29, 1.82) is 0 Å². The molecule has 0 saturated heterocycles. The maximum absolute atomic E-state index is 12.8. The zero-order valence-corrected chi connectivity index (χ0v) is 15.4. The molecular weight excluding hydrogens is 336 g/mol. The second-order valence-corrected chi connectivity index (χ2v) is 6.72. The second kappa shape index (κ2) is 6.37. The number of halogens is 1. The molecule has 1 aliphatic rings. The number of nitrogens with one attached hydrogen (secondary N) is 1. The zero-order valence-electron chi connectivity index (χ0n) is 14.6. The highest BCUT2D eigenvalue weighted by Crippen LogP contribution is 2.31. The zero-order chi connectivity index (χ0) is 18.3. The Bertz CT molecular complexity index is 931. The monoisotopic (exact) mass is 354 g/mol. The van der Waals surface area contributed by atoms with Gasteiger partial charge in [0, 0.05) is 5.69 Å². The van der Waals surface area contributed by atoms with Crippen molar-refractivity contribution < 1.29 is 9.59 Å². The largest absolute Gasteiger partial charge is 0.349 e. The first-order valence-electron chi connectivity index (χ1n) is 7.99. The lowest BCUT2D eigenvalue weighted by Gasteiger charge is -2.17. The van der Waals surface area contributed by atoms with Gasteiger partial charge in [0.05, 0.1) is 5.69 Å². The van der Waals surface area contributed by atoms with Crippen LogP contribution >= 0.6 is 11.6 Å². The lowest BCUT2D eigenvalue weighted by atomic mass is 10.1. The van der Waals surface area contributed by atoms with E-state index in [-0.39, 0.29) is 10.7 Å². The van der Waals surface area contributed by atoms with Crippen molar-refractivity contribution in [2.45, 2.75) is 27.7 Å². The fourth-order valence-electron chi connectivity index (χ4n) is 2.80. The summed E-state index contributed by atoms with van der Waals surface area (Å²) in [5.41, 5.74) is 5.57. The summed E-state index contributed by atoms with van der Waals surface area (Å²) in [6.07, 6.45) is 0. The quantitative estimate of drug-likeness (QED) is 0.833. The maximum Gasteiger partial charge on any atom is 0.283 e. The number of rotatable bonds is 3. The number of imide groups is 1. The van der Waals surface area contributed by atoms with Crippen molar-refractivity contribution in [1.82, 2.24) is 0 Å². The Morgan fingerprint density at radius 3 is 2.20 bits per heavy atom. The Labute approximate surface area is 152 Å². The number of aryl methyl sites for hydroxylation is 4. The van der Waals surface area contributed by atoms with Crippen LogP contribution in [0.4, 0.5) is 11.4 Å². The van der Waals surface area contributed by atoms with Gasteiger partial charge in [-0.3, -0.25) is 9.59 Å². The average molecular weight is 355 g/mol. The molecule has 0 unspecified atom stereocenters. The molecule has 128 valence electrons. The van der Waals surface area contributed by atoms with E-state index in [0.29, 0.717) is 5.69 Å². The molecule has 2 aromatic rings. The lowest BCUT2D eigenvalue weighted by Crippen LogP contribution is -2.32. The molecule has 1 heterocycles. The van der Waals surface area contributed by atoms with E-state index in [1.54, 1.807) is 6.07 Å². The van der Waals surface area contributed by atoms with E-state index in [4.69, 9.17) is 11.6 Å². The third kappa shape index (κ3) is 3.05. The summed E-state index contributed by atoms with van der Waals surface area (Å²) in [6, 6.07) is 11.3. The minimum absolute atomic E-state index is 0.0943. The third-order valence-electron chi connectivity index (χ3n) is 4.42. The van der Waals surface area contributed by atoms with Gasteiger partial charge in [-0.25, -0.2) is 4.90 Å². The van der Waals surface area contributed by atoms with Gasteiger partial charge in [-0.05, 0) is 62.6 Å². The summed E-state index contributed by atoms with van der Waals surface area (Å²) in [5.74, 6) is -0.958. The van der Waals surface area contributed by atoms with Crippen molar-refractivity contribution >= 4 is 34.8 Å². The summed E-state index contributed by atoms with van der Waals surface area (Å²) in [4.78, 5) is 26.4. The topological polar surface area (TPSA) is 49.4 Å². The minimum atomic E-state index is -0.512. The molecule has 0 aliphatic carbocycles. The maximum atomic E-state index is 12.8. The predicted molar refractivity (Wildman–Crippen MR) is 101 cm³/mol. The molecule has 1 aliphatic heterocycles. The molecule has 25 heavy (non-hydrogen) atoms. The van der Waals surface area contributed by atoms with Crippen LogP contribution in [0.15, 0.2) is 47.1 Å². The van der Waals surface area contributed by atoms with Crippen LogP contribution in [0, 0.1) is 27.7 Å². The SMILES string of the molecule is Cc1ccc(NC2=C(Cl)C(=O)N(c3ccc(C)c(C)c3)C2=O)c(C)c1. The highest BCUT2D eigenvalue weighted by atomic mass is 35.5. The molecular formula is C20H19ClN2O2. The number of benzene rings is 2. The van der Waals surface area contributed by atoms with Crippen LogP contribution in [-0.2, 0) is 9.59 Å². The molecule has 1 N–H and O–H groups in total. The van der Waals surface area contributed by atoms with Gasteiger partial charge < -0.3 is 5.32 Å². The standard InChI is InChI=1S/C20H19ClN2O2/c1-11-5-8-16(14(4)9-11)22-18-17(21)19(24)23(20(18)25)15-7-6-12(2)13(3)10-15/h5-10,22H,1-4H3. The first kappa shape index (κ1) is 17.2. The number of amides is 2. The summed E-state index contributed by atoms with van der Waals surface area (Å²) < 4.78 is 0. The predicted octanol–water partition coefficient (Wildman–Crippen LogP) is 4.36. The van der Waals surface area contributed by atoms with Crippen molar-refractivity contribution in [3.8, 4) is 0 Å². The molecule has 2 amide bonds. The van der Waals surface area contributed by atoms with Crippen molar-refractivity contribution in [3.05, 3.63) is 69.4 Å². The molecule has 0 aromatic heterocycles. The van der Waals surface area contributed by atoms with Crippen LogP contribution in [0.25, 0.3) is 0 Å². The van der Waals surface area contributed by atoms with E-state index in [1.165, 1.54) is 0 Å². The molecule has 3 rings (SSSR count). The number of anilines is 2. The summed E-state index contributed by atoms with van der Waals surface area (Å²) in [5, 5.41) is 2.93. The van der Waals surface area contributed by atoms with Gasteiger partial charge in [-0.2, -0.15) is 0 Å². The highest BCUT2D eigenvalue weighted by molar-refractivity contribution is 6.53. The Hall–Kier alpha value is -2.59. The highest BCUT2D eigenvalue weighted by Gasteiger charge is 2.39. The third-order valence-corrected chi connectivity index (χ3v) is 4.77. The van der Waals surface area contributed by atoms with Gasteiger partial charge in [0.25, 0.3) is 11.8 Å². The van der Waals surface area contributed by atoms with Crippen molar-refractivity contribution in [3.63, 3.8) is 0 Å². The number of hydrogen-bond acceptors (Lipinski definition) is 3. The first-order valence-corrected chi connectivity index (χ1v) is 8.37. The number of hydrogen-bond donors (Lipinski definition) is 1. The van der Waals surface area contributed by atoms with Gasteiger partial charge in [-0.15, -0.1) is 0 Å². The van der Waals surface area contributed by atoms with Crippen molar-refractivity contribution in [2.75, 3.05) is 10.2 Å². The molecule has 0 fully saturated rings. The normalized spacial score (nSPS) is 14.5. The van der Waals surface area contributed by atoms with E-state index in [1.807, 2.05) is 58.0 Å². The van der Waals surface area contributed by atoms with Crippen LogP contribution in [0.5, 0.6) is 0 Å². The number of carbonyl (C=O) groups is 2. The average Bonchev–Trinajstić information content (AvgIpc) is 2.76. The van der Waals surface area contributed by atoms with Crippen LogP contribution in [-0.4, -0.2) is 11.8 Å². The second-order valence-electron chi connectivity index (χ2n) is 6.35. The van der Waals surface area contributed by atoms with Gasteiger partial charge in [0.15, 0.2) is 0 Å². The van der Waals surface area contributed by atoms with E-state index in [9.17, 15) is 9.59 Å². The first-order chi connectivity index (χ1) is 11.8. The molecule has 5 heteroatoms. The molecule has 0 atom stereocenters. The molecule has 4 nitrogen and oxygen atoms in total. The summed E-state index contributed by atoms with van der Waals surface area (Å²) in [7, 11) is 0. The van der Waals surface area contributed by atoms with Crippen LogP contribution in [0.2, 0.25) is 0 Å². The Morgan fingerprint density at radius 2 is 1.56 bits per heavy atom. The van der Waals surface area contributed by atoms with E-state index >= 15 is 0 Å². The van der Waals surface area contributed by atoms with Gasteiger partial charge >= 0.3 is 0 Å². The van der Waals surface area contributed by atoms with Crippen LogP contribution < -0.4 is 10.2 Å². The Morgan fingerprint density at radius 1 is 0.840 bits per heavy atom. The van der Waals surface area contributed by atoms with Gasteiger partial charge in [0.1, 0.15) is 10.7 Å². The lowest BCUT2D eigenvalue weighted by molar-refractivity contribution is -0.120. The molecule has 0 radical (unpaired) electrons. The van der Waals surface area contributed by atoms with E-state index in [0.717, 1.165) is 32.8 Å². The van der Waals surface area contributed by atoms with E-state index in [2.05, 4.69) is 5.32 Å². The molecule has 0 saturated carbocycles. The van der Waals surface area contributed by atoms with E-state index < -0.39 is 11.8 Å². The molecule has 2 aromatic carbocycles. The number of nitrogens with zero attached hydrogens (tertiary/aromatic N) is 1. The Kier molecular flexibility index (Phi) is 4.39. The Balaban J connectivity index is 1.95. The fraction of sp³-hybridized carbons (Fsp3) is 0.200. The number of carbonyl (C=O) groups excluding carboxylic acids is 2. The van der Waals surface area contributed by atoms with Crippen LogP contribution in [0.1, 0.15) is 22.3 Å². The van der Waals surface area contributed by atoms with Gasteiger partial charge in [0.2, 0.25) is 0 Å². The smallest absolute Gasteiger partial charge is 0.283 e. The fourth-order valence-corrected chi connectivity index (χ4v) is 3.01. The van der Waals surface area contributed by atoms with Gasteiger partial charge in [-0.1, -0.05) is 35.4 Å².